The van der Waals surface area contributed by atoms with Gasteiger partial charge < -0.3 is 4.74 Å². The number of alkyl halides is 3. The number of carbonyl (C=O) groups is 1. The van der Waals surface area contributed by atoms with Crippen LogP contribution in [0.5, 0.6) is 0 Å². The lowest BCUT2D eigenvalue weighted by Crippen LogP contribution is -2.10. The van der Waals surface area contributed by atoms with E-state index in [9.17, 15) is 18.0 Å². The average Bonchev–Trinajstić information content (AvgIpc) is 2.72. The molecule has 2 rings (SSSR count). The van der Waals surface area contributed by atoms with Gasteiger partial charge in [-0.3, -0.25) is 0 Å². The number of allylic oxidation sites excluding steroid dienone is 1. The third kappa shape index (κ3) is 4.42. The molecule has 0 radical (unpaired) electrons. The number of hydrogen-bond donors (Lipinski definition) is 0. The lowest BCUT2D eigenvalue weighted by atomic mass is 10.1. The van der Waals surface area contributed by atoms with E-state index in [-0.39, 0.29) is 23.6 Å². The molecule has 1 aliphatic rings. The SMILES string of the molecule is O=C(OCc1cc(Cl)cc(C(F)(F)F)c1)C1=CC=NN=CC1. The Morgan fingerprint density at radius 2 is 2.05 bits per heavy atom. The van der Waals surface area contributed by atoms with Gasteiger partial charge in [-0.05, 0) is 29.8 Å². The molecule has 0 fully saturated rings. The fourth-order valence-electron chi connectivity index (χ4n) is 1.71. The van der Waals surface area contributed by atoms with E-state index in [0.29, 0.717) is 5.57 Å². The van der Waals surface area contributed by atoms with E-state index in [0.717, 1.165) is 12.1 Å². The molecule has 0 bridgehead atoms. The second kappa shape index (κ2) is 6.74. The van der Waals surface area contributed by atoms with Crippen LogP contribution in [0.1, 0.15) is 17.5 Å². The second-order valence-electron chi connectivity index (χ2n) is 4.38. The quantitative estimate of drug-likeness (QED) is 0.792. The van der Waals surface area contributed by atoms with Crippen LogP contribution < -0.4 is 0 Å². The standard InChI is InChI=1S/C14H10ClF3N2O2/c15-12-6-9(5-11(7-12)14(16,17)18)8-22-13(21)10-1-3-19-20-4-2-10/h1,3-7H,2,8H2. The molecule has 0 spiro atoms. The molecule has 116 valence electrons. The van der Waals surface area contributed by atoms with Crippen LogP contribution in [0, 0.1) is 0 Å². The molecule has 1 heterocycles. The van der Waals surface area contributed by atoms with Gasteiger partial charge in [0.2, 0.25) is 0 Å². The monoisotopic (exact) mass is 330 g/mol. The molecule has 0 aliphatic carbocycles. The van der Waals surface area contributed by atoms with Crippen LogP contribution >= 0.6 is 11.6 Å². The Balaban J connectivity index is 2.07. The van der Waals surface area contributed by atoms with Gasteiger partial charge in [0.1, 0.15) is 6.61 Å². The molecule has 0 aromatic heterocycles. The van der Waals surface area contributed by atoms with Gasteiger partial charge in [0.05, 0.1) is 11.8 Å². The number of hydrogen-bond acceptors (Lipinski definition) is 4. The van der Waals surface area contributed by atoms with Crippen molar-refractivity contribution in [3.63, 3.8) is 0 Å². The van der Waals surface area contributed by atoms with Gasteiger partial charge in [0, 0.05) is 23.2 Å². The highest BCUT2D eigenvalue weighted by Gasteiger charge is 2.31. The van der Waals surface area contributed by atoms with E-state index in [2.05, 4.69) is 10.2 Å². The predicted octanol–water partition coefficient (Wildman–Crippen LogP) is 3.79. The van der Waals surface area contributed by atoms with Crippen LogP contribution in [0.2, 0.25) is 5.02 Å². The first kappa shape index (κ1) is 16.2. The molecule has 0 N–H and O–H groups in total. The van der Waals surface area contributed by atoms with Gasteiger partial charge >= 0.3 is 12.1 Å². The Bertz CT molecular complexity index is 667. The summed E-state index contributed by atoms with van der Waals surface area (Å²) in [5, 5.41) is 7.13. The topological polar surface area (TPSA) is 51.0 Å². The van der Waals surface area contributed by atoms with Crippen LogP contribution in [0.15, 0.2) is 40.1 Å². The summed E-state index contributed by atoms with van der Waals surface area (Å²) < 4.78 is 43.0. The Morgan fingerprint density at radius 3 is 2.77 bits per heavy atom. The molecule has 22 heavy (non-hydrogen) atoms. The lowest BCUT2D eigenvalue weighted by Gasteiger charge is -2.11. The number of nitrogens with zero attached hydrogens (tertiary/aromatic N) is 2. The van der Waals surface area contributed by atoms with Gasteiger partial charge in [0.25, 0.3) is 0 Å². The van der Waals surface area contributed by atoms with E-state index in [4.69, 9.17) is 16.3 Å². The molecular formula is C14H10ClF3N2O2. The molecule has 1 aromatic rings. The largest absolute Gasteiger partial charge is 0.457 e. The summed E-state index contributed by atoms with van der Waals surface area (Å²) >= 11 is 5.65. The van der Waals surface area contributed by atoms with Crippen molar-refractivity contribution in [1.29, 1.82) is 0 Å². The van der Waals surface area contributed by atoms with Crippen molar-refractivity contribution >= 4 is 30.0 Å². The molecule has 0 atom stereocenters. The van der Waals surface area contributed by atoms with Crippen LogP contribution in [0.4, 0.5) is 13.2 Å². The van der Waals surface area contributed by atoms with Crippen molar-refractivity contribution in [2.45, 2.75) is 19.2 Å². The average molecular weight is 331 g/mol. The molecule has 0 amide bonds. The summed E-state index contributed by atoms with van der Waals surface area (Å²) in [6, 6.07) is 3.02. The van der Waals surface area contributed by atoms with Gasteiger partial charge in [-0.1, -0.05) is 11.6 Å². The fourth-order valence-corrected chi connectivity index (χ4v) is 1.96. The minimum absolute atomic E-state index is 0.0752. The predicted molar refractivity (Wildman–Crippen MR) is 75.9 cm³/mol. The number of halogens is 4. The van der Waals surface area contributed by atoms with Crippen molar-refractivity contribution in [1.82, 2.24) is 0 Å². The van der Waals surface area contributed by atoms with E-state index in [1.165, 1.54) is 24.6 Å². The number of rotatable bonds is 3. The number of ether oxygens (including phenoxy) is 1. The van der Waals surface area contributed by atoms with E-state index < -0.39 is 17.7 Å². The molecule has 1 aliphatic heterocycles. The van der Waals surface area contributed by atoms with E-state index >= 15 is 0 Å². The summed E-state index contributed by atoms with van der Waals surface area (Å²) in [7, 11) is 0. The molecule has 8 heteroatoms. The van der Waals surface area contributed by atoms with Crippen molar-refractivity contribution in [3.05, 3.63) is 46.0 Å². The Morgan fingerprint density at radius 1 is 1.27 bits per heavy atom. The molecule has 0 saturated heterocycles. The fraction of sp³-hybridized carbons (Fsp3) is 0.214. The zero-order valence-electron chi connectivity index (χ0n) is 11.1. The lowest BCUT2D eigenvalue weighted by molar-refractivity contribution is -0.140. The number of carbonyl (C=O) groups excluding carboxylic acids is 1. The first-order chi connectivity index (χ1) is 10.4. The summed E-state index contributed by atoms with van der Waals surface area (Å²) in [6.45, 7) is -0.311. The van der Waals surface area contributed by atoms with Gasteiger partial charge in [-0.2, -0.15) is 23.4 Å². The first-order valence-corrected chi connectivity index (χ1v) is 6.52. The van der Waals surface area contributed by atoms with Crippen LogP contribution in [0.3, 0.4) is 0 Å². The second-order valence-corrected chi connectivity index (χ2v) is 4.82. The zero-order chi connectivity index (χ0) is 16.2. The van der Waals surface area contributed by atoms with Crippen molar-refractivity contribution in [2.24, 2.45) is 10.2 Å². The Labute approximate surface area is 128 Å². The summed E-state index contributed by atoms with van der Waals surface area (Å²) in [4.78, 5) is 11.8. The normalized spacial score (nSPS) is 14.5. The van der Waals surface area contributed by atoms with Gasteiger partial charge in [-0.15, -0.1) is 0 Å². The Kier molecular flexibility index (Phi) is 4.97. The summed E-state index contributed by atoms with van der Waals surface area (Å²) in [5.74, 6) is -0.645. The maximum Gasteiger partial charge on any atom is 0.416 e. The van der Waals surface area contributed by atoms with Crippen LogP contribution in [0.25, 0.3) is 0 Å². The molecule has 4 nitrogen and oxygen atoms in total. The van der Waals surface area contributed by atoms with Crippen LogP contribution in [-0.2, 0) is 22.3 Å². The minimum Gasteiger partial charge on any atom is -0.457 e. The zero-order valence-corrected chi connectivity index (χ0v) is 11.9. The maximum atomic E-state index is 12.7. The first-order valence-electron chi connectivity index (χ1n) is 6.14. The third-order valence-corrected chi connectivity index (χ3v) is 2.94. The third-order valence-electron chi connectivity index (χ3n) is 2.72. The Hall–Kier alpha value is -2.15. The van der Waals surface area contributed by atoms with Crippen molar-refractivity contribution in [3.8, 4) is 0 Å². The molecular weight excluding hydrogens is 321 g/mol. The number of benzene rings is 1. The summed E-state index contributed by atoms with van der Waals surface area (Å²) in [5.41, 5.74) is -0.424. The molecule has 0 saturated carbocycles. The van der Waals surface area contributed by atoms with Gasteiger partial charge in [-0.25, -0.2) is 4.79 Å². The molecule has 0 unspecified atom stereocenters. The highest BCUT2D eigenvalue weighted by Crippen LogP contribution is 2.32. The highest BCUT2D eigenvalue weighted by molar-refractivity contribution is 6.30. The minimum atomic E-state index is -4.51. The smallest absolute Gasteiger partial charge is 0.416 e. The van der Waals surface area contributed by atoms with Crippen molar-refractivity contribution in [2.75, 3.05) is 0 Å². The number of esters is 1. The van der Waals surface area contributed by atoms with E-state index in [1.807, 2.05) is 0 Å². The van der Waals surface area contributed by atoms with Crippen LogP contribution in [-0.4, -0.2) is 18.4 Å². The highest BCUT2D eigenvalue weighted by atomic mass is 35.5. The van der Waals surface area contributed by atoms with Crippen molar-refractivity contribution < 1.29 is 22.7 Å². The maximum absolute atomic E-state index is 12.7. The molecule has 1 aromatic carbocycles. The summed E-state index contributed by atoms with van der Waals surface area (Å²) in [6.07, 6.45) is -0.0734. The van der Waals surface area contributed by atoms with Gasteiger partial charge in [0.15, 0.2) is 0 Å². The van der Waals surface area contributed by atoms with E-state index in [1.54, 1.807) is 0 Å².